The average molecular weight is 257 g/mol. The SMILES string of the molecule is COc1ccc(C(CN)c2ccncn2)c(C)c1C. The van der Waals surface area contributed by atoms with E-state index in [9.17, 15) is 0 Å². The number of hydrogen-bond donors (Lipinski definition) is 1. The molecule has 19 heavy (non-hydrogen) atoms. The Balaban J connectivity index is 2.48. The summed E-state index contributed by atoms with van der Waals surface area (Å²) in [6.07, 6.45) is 3.31. The minimum absolute atomic E-state index is 0.0904. The fourth-order valence-electron chi connectivity index (χ4n) is 2.33. The standard InChI is InChI=1S/C15H19N3O/c1-10-11(2)15(19-3)5-4-12(10)13(8-16)14-6-7-17-9-18-14/h4-7,9,13H,8,16H2,1-3H3. The number of benzene rings is 1. The molecule has 1 aromatic carbocycles. The third-order valence-corrected chi connectivity index (χ3v) is 3.57. The smallest absolute Gasteiger partial charge is 0.122 e. The van der Waals surface area contributed by atoms with Crippen LogP contribution < -0.4 is 10.5 Å². The summed E-state index contributed by atoms with van der Waals surface area (Å²) in [5, 5.41) is 0. The Hall–Kier alpha value is -1.94. The molecule has 0 spiro atoms. The Bertz CT molecular complexity index is 555. The van der Waals surface area contributed by atoms with Crippen LogP contribution >= 0.6 is 0 Å². The van der Waals surface area contributed by atoms with E-state index < -0.39 is 0 Å². The third-order valence-electron chi connectivity index (χ3n) is 3.57. The summed E-state index contributed by atoms with van der Waals surface area (Å²) < 4.78 is 5.34. The van der Waals surface area contributed by atoms with E-state index in [-0.39, 0.29) is 5.92 Å². The van der Waals surface area contributed by atoms with Crippen LogP contribution in [0.1, 0.15) is 28.3 Å². The highest BCUT2D eigenvalue weighted by atomic mass is 16.5. The molecule has 4 nitrogen and oxygen atoms in total. The van der Waals surface area contributed by atoms with Gasteiger partial charge >= 0.3 is 0 Å². The lowest BCUT2D eigenvalue weighted by Crippen LogP contribution is -2.16. The largest absolute Gasteiger partial charge is 0.496 e. The number of aromatic nitrogens is 2. The van der Waals surface area contributed by atoms with E-state index in [1.807, 2.05) is 12.1 Å². The fraction of sp³-hybridized carbons (Fsp3) is 0.333. The lowest BCUT2D eigenvalue weighted by molar-refractivity contribution is 0.411. The van der Waals surface area contributed by atoms with Gasteiger partial charge in [-0.05, 0) is 42.7 Å². The van der Waals surface area contributed by atoms with Crippen LogP contribution in [0.25, 0.3) is 0 Å². The van der Waals surface area contributed by atoms with Gasteiger partial charge in [0.25, 0.3) is 0 Å². The molecule has 1 aromatic heterocycles. The maximum atomic E-state index is 5.93. The quantitative estimate of drug-likeness (QED) is 0.912. The van der Waals surface area contributed by atoms with E-state index in [0.717, 1.165) is 17.0 Å². The van der Waals surface area contributed by atoms with Crippen molar-refractivity contribution < 1.29 is 4.74 Å². The summed E-state index contributed by atoms with van der Waals surface area (Å²) in [7, 11) is 1.69. The van der Waals surface area contributed by atoms with Crippen molar-refractivity contribution in [2.24, 2.45) is 5.73 Å². The first kappa shape index (κ1) is 13.5. The monoisotopic (exact) mass is 257 g/mol. The van der Waals surface area contributed by atoms with Crippen LogP contribution in [0.3, 0.4) is 0 Å². The van der Waals surface area contributed by atoms with Crippen molar-refractivity contribution >= 4 is 0 Å². The second-order valence-electron chi connectivity index (χ2n) is 4.53. The zero-order valence-electron chi connectivity index (χ0n) is 11.6. The van der Waals surface area contributed by atoms with Crippen LogP contribution in [0.15, 0.2) is 30.7 Å². The van der Waals surface area contributed by atoms with Crippen molar-refractivity contribution in [3.8, 4) is 5.75 Å². The summed E-state index contributed by atoms with van der Waals surface area (Å²) >= 11 is 0. The lowest BCUT2D eigenvalue weighted by atomic mass is 9.89. The summed E-state index contributed by atoms with van der Waals surface area (Å²) in [4.78, 5) is 8.27. The summed E-state index contributed by atoms with van der Waals surface area (Å²) in [5.41, 5.74) is 10.4. The van der Waals surface area contributed by atoms with Crippen LogP contribution in [0.5, 0.6) is 5.75 Å². The second kappa shape index (κ2) is 5.80. The molecular weight excluding hydrogens is 238 g/mol. The molecule has 0 aliphatic heterocycles. The first-order valence-corrected chi connectivity index (χ1v) is 6.29. The van der Waals surface area contributed by atoms with Gasteiger partial charge < -0.3 is 10.5 Å². The van der Waals surface area contributed by atoms with E-state index in [1.165, 1.54) is 11.1 Å². The summed E-state index contributed by atoms with van der Waals surface area (Å²) in [5.74, 6) is 0.993. The van der Waals surface area contributed by atoms with Crippen LogP contribution in [-0.4, -0.2) is 23.6 Å². The summed E-state index contributed by atoms with van der Waals surface area (Å²) in [6.45, 7) is 4.67. The first-order valence-electron chi connectivity index (χ1n) is 6.29. The molecule has 0 fully saturated rings. The topological polar surface area (TPSA) is 61.0 Å². The van der Waals surface area contributed by atoms with Crippen LogP contribution in [0.2, 0.25) is 0 Å². The number of methoxy groups -OCH3 is 1. The zero-order chi connectivity index (χ0) is 13.8. The second-order valence-corrected chi connectivity index (χ2v) is 4.53. The molecule has 1 atom stereocenters. The first-order chi connectivity index (χ1) is 9.19. The highest BCUT2D eigenvalue weighted by Crippen LogP contribution is 2.31. The molecule has 2 rings (SSSR count). The van der Waals surface area contributed by atoms with Crippen LogP contribution in [-0.2, 0) is 0 Å². The van der Waals surface area contributed by atoms with E-state index in [4.69, 9.17) is 10.5 Å². The van der Waals surface area contributed by atoms with Gasteiger partial charge in [0.05, 0.1) is 12.8 Å². The van der Waals surface area contributed by atoms with Gasteiger partial charge in [0, 0.05) is 18.7 Å². The molecule has 0 radical (unpaired) electrons. The number of rotatable bonds is 4. The van der Waals surface area contributed by atoms with Gasteiger partial charge in [0.1, 0.15) is 12.1 Å². The van der Waals surface area contributed by atoms with Crippen molar-refractivity contribution in [2.75, 3.05) is 13.7 Å². The van der Waals surface area contributed by atoms with Gasteiger partial charge in [-0.3, -0.25) is 0 Å². The third kappa shape index (κ3) is 2.58. The Morgan fingerprint density at radius 1 is 1.21 bits per heavy atom. The van der Waals surface area contributed by atoms with E-state index in [0.29, 0.717) is 6.54 Å². The average Bonchev–Trinajstić information content (AvgIpc) is 2.45. The predicted octanol–water partition coefficient (Wildman–Crippen LogP) is 2.19. The van der Waals surface area contributed by atoms with E-state index in [2.05, 4.69) is 29.9 Å². The molecule has 1 heterocycles. The molecule has 0 saturated carbocycles. The molecular formula is C15H19N3O. The predicted molar refractivity (Wildman–Crippen MR) is 75.4 cm³/mol. The van der Waals surface area contributed by atoms with Gasteiger partial charge in [0.2, 0.25) is 0 Å². The van der Waals surface area contributed by atoms with Gasteiger partial charge in [-0.25, -0.2) is 9.97 Å². The van der Waals surface area contributed by atoms with Crippen LogP contribution in [0, 0.1) is 13.8 Å². The molecule has 0 bridgehead atoms. The molecule has 1 unspecified atom stereocenters. The Morgan fingerprint density at radius 3 is 2.58 bits per heavy atom. The Morgan fingerprint density at radius 2 is 2.00 bits per heavy atom. The zero-order valence-corrected chi connectivity index (χ0v) is 11.6. The number of nitrogens with zero attached hydrogens (tertiary/aromatic N) is 2. The van der Waals surface area contributed by atoms with Crippen molar-refractivity contribution in [3.05, 3.63) is 53.1 Å². The van der Waals surface area contributed by atoms with Crippen molar-refractivity contribution in [1.29, 1.82) is 0 Å². The summed E-state index contributed by atoms with van der Waals surface area (Å²) in [6, 6.07) is 5.97. The molecule has 4 heteroatoms. The molecule has 0 saturated heterocycles. The number of hydrogen-bond acceptors (Lipinski definition) is 4. The Labute approximate surface area is 113 Å². The van der Waals surface area contributed by atoms with E-state index in [1.54, 1.807) is 19.6 Å². The van der Waals surface area contributed by atoms with Crippen LogP contribution in [0.4, 0.5) is 0 Å². The van der Waals surface area contributed by atoms with Crippen molar-refractivity contribution in [2.45, 2.75) is 19.8 Å². The molecule has 2 aromatic rings. The molecule has 2 N–H and O–H groups in total. The molecule has 0 aliphatic carbocycles. The lowest BCUT2D eigenvalue weighted by Gasteiger charge is -2.19. The van der Waals surface area contributed by atoms with Gasteiger partial charge in [-0.1, -0.05) is 6.07 Å². The molecule has 0 amide bonds. The highest BCUT2D eigenvalue weighted by molar-refractivity contribution is 5.46. The fourth-order valence-corrected chi connectivity index (χ4v) is 2.33. The van der Waals surface area contributed by atoms with E-state index >= 15 is 0 Å². The number of ether oxygens (including phenoxy) is 1. The number of nitrogens with two attached hydrogens (primary N) is 1. The molecule has 0 aliphatic rings. The van der Waals surface area contributed by atoms with Crippen molar-refractivity contribution in [1.82, 2.24) is 9.97 Å². The van der Waals surface area contributed by atoms with Gasteiger partial charge in [-0.15, -0.1) is 0 Å². The maximum Gasteiger partial charge on any atom is 0.122 e. The Kier molecular flexibility index (Phi) is 4.12. The normalized spacial score (nSPS) is 12.2. The van der Waals surface area contributed by atoms with Gasteiger partial charge in [-0.2, -0.15) is 0 Å². The highest BCUT2D eigenvalue weighted by Gasteiger charge is 2.18. The minimum Gasteiger partial charge on any atom is -0.496 e. The van der Waals surface area contributed by atoms with Crippen molar-refractivity contribution in [3.63, 3.8) is 0 Å². The minimum atomic E-state index is 0.0904. The molecule has 100 valence electrons. The maximum absolute atomic E-state index is 5.93. The van der Waals surface area contributed by atoms with Gasteiger partial charge in [0.15, 0.2) is 0 Å².